The van der Waals surface area contributed by atoms with Gasteiger partial charge in [0.1, 0.15) is 5.82 Å². The van der Waals surface area contributed by atoms with E-state index in [-0.39, 0.29) is 24.8 Å². The fourth-order valence-electron chi connectivity index (χ4n) is 2.81. The zero-order valence-electron chi connectivity index (χ0n) is 14.5. The number of hydrogen-bond acceptors (Lipinski definition) is 4. The molecule has 1 heterocycles. The average Bonchev–Trinajstić information content (AvgIpc) is 2.64. The van der Waals surface area contributed by atoms with Gasteiger partial charge in [0, 0.05) is 23.6 Å². The number of rotatable bonds is 6. The molecule has 2 aromatic rings. The highest BCUT2D eigenvalue weighted by atomic mass is 32.2. The second kappa shape index (κ2) is 8.54. The minimum atomic E-state index is -4.07. The van der Waals surface area contributed by atoms with Crippen LogP contribution in [0.2, 0.25) is 0 Å². The number of hydrogen-bond donors (Lipinski definition) is 2. The van der Waals surface area contributed by atoms with E-state index in [1.165, 1.54) is 12.1 Å². The van der Waals surface area contributed by atoms with Crippen LogP contribution in [0.5, 0.6) is 0 Å². The predicted molar refractivity (Wildman–Crippen MR) is 98.8 cm³/mol. The largest absolute Gasteiger partial charge is 0.349 e. The molecule has 1 aliphatic heterocycles. The van der Waals surface area contributed by atoms with Gasteiger partial charge >= 0.3 is 0 Å². The molecule has 2 N–H and O–H groups in total. The van der Waals surface area contributed by atoms with E-state index in [1.807, 2.05) is 0 Å². The zero-order valence-corrected chi connectivity index (χ0v) is 16.2. The molecule has 1 aliphatic rings. The summed E-state index contributed by atoms with van der Waals surface area (Å²) in [7, 11) is -4.07. The van der Waals surface area contributed by atoms with Crippen molar-refractivity contribution < 1.29 is 26.4 Å². The number of sulfonamides is 1. The highest BCUT2D eigenvalue weighted by Gasteiger charge is 2.23. The molecule has 0 fully saturated rings. The van der Waals surface area contributed by atoms with Crippen molar-refractivity contribution in [2.75, 3.05) is 12.3 Å². The van der Waals surface area contributed by atoms with E-state index in [9.17, 15) is 26.4 Å². The smallest absolute Gasteiger partial charge is 0.240 e. The molecule has 0 radical (unpaired) electrons. The lowest BCUT2D eigenvalue weighted by Crippen LogP contribution is -2.34. The summed E-state index contributed by atoms with van der Waals surface area (Å²) in [6.07, 6.45) is 0.477. The maximum absolute atomic E-state index is 13.5. The third kappa shape index (κ3) is 4.86. The first-order valence-corrected chi connectivity index (χ1v) is 10.9. The molecule has 150 valence electrons. The molecule has 0 bridgehead atoms. The Hall–Kier alpha value is -2.04. The molecule has 0 spiro atoms. The molecular weight excluding hydrogens is 413 g/mol. The standard InChI is InChI=1S/C18H17F3N2O3S2/c19-11-1-4-17-13(9-11)16(6-8-27-17)23-18(24)5-7-22-28(25,26)12-2-3-14(20)15(21)10-12/h1-4,9-10,16,22H,5-8H2,(H,23,24). The number of thioether (sulfide) groups is 1. The highest BCUT2D eigenvalue weighted by molar-refractivity contribution is 7.99. The molecule has 1 atom stereocenters. The molecule has 0 saturated heterocycles. The van der Waals surface area contributed by atoms with Gasteiger partial charge < -0.3 is 5.32 Å². The number of carbonyl (C=O) groups excluding carboxylic acids is 1. The Labute approximate surface area is 164 Å². The maximum atomic E-state index is 13.5. The van der Waals surface area contributed by atoms with Gasteiger partial charge in [-0.15, -0.1) is 11.8 Å². The molecule has 3 rings (SSSR count). The summed E-state index contributed by atoms with van der Waals surface area (Å²) in [4.78, 5) is 12.6. The van der Waals surface area contributed by atoms with Gasteiger partial charge in [-0.05, 0) is 48.4 Å². The Morgan fingerprint density at radius 2 is 1.89 bits per heavy atom. The molecule has 0 aliphatic carbocycles. The minimum Gasteiger partial charge on any atom is -0.349 e. The third-order valence-corrected chi connectivity index (χ3v) is 6.77. The lowest BCUT2D eigenvalue weighted by atomic mass is 10.0. The summed E-state index contributed by atoms with van der Waals surface area (Å²) < 4.78 is 66.0. The van der Waals surface area contributed by atoms with Crippen molar-refractivity contribution in [3.05, 3.63) is 59.4 Å². The Balaban J connectivity index is 1.57. The second-order valence-corrected chi connectivity index (χ2v) is 9.07. The van der Waals surface area contributed by atoms with E-state index in [0.717, 1.165) is 16.7 Å². The normalized spacial score (nSPS) is 16.5. The van der Waals surface area contributed by atoms with Crippen LogP contribution >= 0.6 is 11.8 Å². The molecule has 0 aromatic heterocycles. The molecule has 0 saturated carbocycles. The van der Waals surface area contributed by atoms with E-state index in [4.69, 9.17) is 0 Å². The molecule has 28 heavy (non-hydrogen) atoms. The monoisotopic (exact) mass is 430 g/mol. The van der Waals surface area contributed by atoms with Gasteiger partial charge in [-0.3, -0.25) is 4.79 Å². The first kappa shape index (κ1) is 20.7. The lowest BCUT2D eigenvalue weighted by molar-refractivity contribution is -0.121. The van der Waals surface area contributed by atoms with Crippen molar-refractivity contribution in [2.45, 2.75) is 28.7 Å². The third-order valence-electron chi connectivity index (χ3n) is 4.19. The number of amides is 1. The molecule has 5 nitrogen and oxygen atoms in total. The fraction of sp³-hybridized carbons (Fsp3) is 0.278. The quantitative estimate of drug-likeness (QED) is 0.739. The van der Waals surface area contributed by atoms with Crippen molar-refractivity contribution in [1.82, 2.24) is 10.0 Å². The number of fused-ring (bicyclic) bond motifs is 1. The van der Waals surface area contributed by atoms with Crippen molar-refractivity contribution in [2.24, 2.45) is 0 Å². The SMILES string of the molecule is O=C(CCNS(=O)(=O)c1ccc(F)c(F)c1)NC1CCSc2ccc(F)cc21. The number of halogens is 3. The Morgan fingerprint density at radius 3 is 2.64 bits per heavy atom. The zero-order chi connectivity index (χ0) is 20.3. The van der Waals surface area contributed by atoms with Gasteiger partial charge in [-0.2, -0.15) is 0 Å². The topological polar surface area (TPSA) is 75.3 Å². The van der Waals surface area contributed by atoms with Gasteiger partial charge in [0.25, 0.3) is 0 Å². The fourth-order valence-corrected chi connectivity index (χ4v) is 4.96. The van der Waals surface area contributed by atoms with Crippen LogP contribution in [0.15, 0.2) is 46.2 Å². The van der Waals surface area contributed by atoms with Gasteiger partial charge in [-0.25, -0.2) is 26.3 Å². The van der Waals surface area contributed by atoms with E-state index >= 15 is 0 Å². The average molecular weight is 430 g/mol. The van der Waals surface area contributed by atoms with Crippen LogP contribution in [0.3, 0.4) is 0 Å². The van der Waals surface area contributed by atoms with Crippen LogP contribution in [-0.4, -0.2) is 26.6 Å². The molecular formula is C18H17F3N2O3S2. The summed E-state index contributed by atoms with van der Waals surface area (Å²) in [6.45, 7) is -0.218. The molecule has 10 heteroatoms. The van der Waals surface area contributed by atoms with Crippen LogP contribution in [0, 0.1) is 17.5 Å². The maximum Gasteiger partial charge on any atom is 0.240 e. The van der Waals surface area contributed by atoms with Crippen LogP contribution in [-0.2, 0) is 14.8 Å². The number of carbonyl (C=O) groups is 1. The summed E-state index contributed by atoms with van der Waals surface area (Å²) in [5.41, 5.74) is 0.701. The summed E-state index contributed by atoms with van der Waals surface area (Å²) in [5, 5.41) is 2.78. The molecule has 1 amide bonds. The Bertz CT molecular complexity index is 1000. The van der Waals surface area contributed by atoms with Crippen LogP contribution in [0.25, 0.3) is 0 Å². The minimum absolute atomic E-state index is 0.156. The Morgan fingerprint density at radius 1 is 1.11 bits per heavy atom. The summed E-state index contributed by atoms with van der Waals surface area (Å²) >= 11 is 1.58. The van der Waals surface area contributed by atoms with Crippen molar-refractivity contribution in [3.8, 4) is 0 Å². The van der Waals surface area contributed by atoms with Crippen LogP contribution in [0.4, 0.5) is 13.2 Å². The molecule has 2 aromatic carbocycles. The van der Waals surface area contributed by atoms with Gasteiger partial charge in [-0.1, -0.05) is 0 Å². The first-order chi connectivity index (χ1) is 13.3. The van der Waals surface area contributed by atoms with E-state index < -0.39 is 32.5 Å². The summed E-state index contributed by atoms with van der Waals surface area (Å²) in [5.74, 6) is -2.45. The first-order valence-electron chi connectivity index (χ1n) is 8.42. The van der Waals surface area contributed by atoms with E-state index in [0.29, 0.717) is 24.1 Å². The Kier molecular flexibility index (Phi) is 6.31. The van der Waals surface area contributed by atoms with Gasteiger partial charge in [0.2, 0.25) is 15.9 Å². The van der Waals surface area contributed by atoms with Crippen LogP contribution in [0.1, 0.15) is 24.4 Å². The van der Waals surface area contributed by atoms with Crippen molar-refractivity contribution >= 4 is 27.7 Å². The predicted octanol–water partition coefficient (Wildman–Crippen LogP) is 3.13. The van der Waals surface area contributed by atoms with Gasteiger partial charge in [0.05, 0.1) is 10.9 Å². The molecule has 1 unspecified atom stereocenters. The van der Waals surface area contributed by atoms with Crippen molar-refractivity contribution in [1.29, 1.82) is 0 Å². The number of nitrogens with one attached hydrogen (secondary N) is 2. The lowest BCUT2D eigenvalue weighted by Gasteiger charge is -2.26. The van der Waals surface area contributed by atoms with E-state index in [1.54, 1.807) is 17.8 Å². The van der Waals surface area contributed by atoms with Gasteiger partial charge in [0.15, 0.2) is 11.6 Å². The van der Waals surface area contributed by atoms with Crippen LogP contribution < -0.4 is 10.0 Å². The van der Waals surface area contributed by atoms with E-state index in [2.05, 4.69) is 10.0 Å². The number of benzene rings is 2. The second-order valence-electron chi connectivity index (χ2n) is 6.16. The van der Waals surface area contributed by atoms with Crippen molar-refractivity contribution in [3.63, 3.8) is 0 Å². The highest BCUT2D eigenvalue weighted by Crippen LogP contribution is 2.36. The summed E-state index contributed by atoms with van der Waals surface area (Å²) in [6, 6.07) is 6.30.